The van der Waals surface area contributed by atoms with Crippen molar-refractivity contribution in [2.24, 2.45) is 5.92 Å². The van der Waals surface area contributed by atoms with E-state index in [0.29, 0.717) is 17.5 Å². The zero-order valence-electron chi connectivity index (χ0n) is 11.7. The lowest BCUT2D eigenvalue weighted by Crippen LogP contribution is -2.32. The Balaban J connectivity index is 1.79. The van der Waals surface area contributed by atoms with Crippen LogP contribution in [-0.4, -0.2) is 42.6 Å². The molecule has 1 saturated heterocycles. The number of likely N-dealkylation sites (tertiary alicyclic amines) is 1. The van der Waals surface area contributed by atoms with Gasteiger partial charge in [0.05, 0.1) is 5.56 Å². The van der Waals surface area contributed by atoms with Gasteiger partial charge in [0.15, 0.2) is 0 Å². The van der Waals surface area contributed by atoms with E-state index in [1.165, 1.54) is 25.0 Å². The molecule has 1 heterocycles. The fourth-order valence-corrected chi connectivity index (χ4v) is 2.70. The molecule has 0 saturated carbocycles. The summed E-state index contributed by atoms with van der Waals surface area (Å²) >= 11 is 5.83. The van der Waals surface area contributed by atoms with E-state index < -0.39 is 0 Å². The first-order valence-electron chi connectivity index (χ1n) is 7.01. The Kier molecular flexibility index (Phi) is 5.26. The highest BCUT2D eigenvalue weighted by molar-refractivity contribution is 6.31. The van der Waals surface area contributed by atoms with Gasteiger partial charge in [0.2, 0.25) is 0 Å². The summed E-state index contributed by atoms with van der Waals surface area (Å²) in [5, 5.41) is 13.0. The molecule has 1 aromatic carbocycles. The molecule has 1 fully saturated rings. The Hall–Kier alpha value is -1.26. The molecule has 2 rings (SSSR count). The SMILES string of the molecule is CN1CCC(CCNC(=O)c2cc(Cl)ccc2O)CC1. The third kappa shape index (κ3) is 4.12. The van der Waals surface area contributed by atoms with Crippen molar-refractivity contribution in [2.45, 2.75) is 19.3 Å². The van der Waals surface area contributed by atoms with Crippen LogP contribution in [0.1, 0.15) is 29.6 Å². The van der Waals surface area contributed by atoms with Crippen molar-refractivity contribution in [3.63, 3.8) is 0 Å². The quantitative estimate of drug-likeness (QED) is 0.897. The minimum Gasteiger partial charge on any atom is -0.507 e. The van der Waals surface area contributed by atoms with Gasteiger partial charge in [-0.05, 0) is 63.5 Å². The fourth-order valence-electron chi connectivity index (χ4n) is 2.53. The predicted molar refractivity (Wildman–Crippen MR) is 80.3 cm³/mol. The van der Waals surface area contributed by atoms with E-state index in [9.17, 15) is 9.90 Å². The molecule has 0 spiro atoms. The highest BCUT2D eigenvalue weighted by Gasteiger charge is 2.17. The number of benzene rings is 1. The molecule has 0 unspecified atom stereocenters. The second-order valence-electron chi connectivity index (χ2n) is 5.45. The second kappa shape index (κ2) is 6.95. The van der Waals surface area contributed by atoms with Crippen molar-refractivity contribution < 1.29 is 9.90 Å². The van der Waals surface area contributed by atoms with Crippen LogP contribution < -0.4 is 5.32 Å². The van der Waals surface area contributed by atoms with Gasteiger partial charge >= 0.3 is 0 Å². The van der Waals surface area contributed by atoms with Crippen molar-refractivity contribution >= 4 is 17.5 Å². The molecule has 0 radical (unpaired) electrons. The summed E-state index contributed by atoms with van der Waals surface area (Å²) in [6, 6.07) is 4.49. The van der Waals surface area contributed by atoms with Gasteiger partial charge in [0, 0.05) is 11.6 Å². The molecule has 1 amide bonds. The Morgan fingerprint density at radius 1 is 1.45 bits per heavy atom. The zero-order chi connectivity index (χ0) is 14.5. The number of nitrogens with zero attached hydrogens (tertiary/aromatic N) is 1. The van der Waals surface area contributed by atoms with Crippen LogP contribution >= 0.6 is 11.6 Å². The molecule has 0 bridgehead atoms. The summed E-state index contributed by atoms with van der Waals surface area (Å²) in [5.74, 6) is 0.378. The Bertz CT molecular complexity index is 471. The van der Waals surface area contributed by atoms with Crippen LogP contribution in [0, 0.1) is 5.92 Å². The molecule has 0 aromatic heterocycles. The summed E-state index contributed by atoms with van der Waals surface area (Å²) in [7, 11) is 2.14. The zero-order valence-corrected chi connectivity index (χ0v) is 12.5. The van der Waals surface area contributed by atoms with Crippen LogP contribution in [-0.2, 0) is 0 Å². The monoisotopic (exact) mass is 296 g/mol. The van der Waals surface area contributed by atoms with E-state index in [4.69, 9.17) is 11.6 Å². The van der Waals surface area contributed by atoms with Crippen LogP contribution in [0.25, 0.3) is 0 Å². The van der Waals surface area contributed by atoms with Crippen molar-refractivity contribution in [3.05, 3.63) is 28.8 Å². The number of halogens is 1. The van der Waals surface area contributed by atoms with Gasteiger partial charge in [-0.2, -0.15) is 0 Å². The molecule has 1 aromatic rings. The van der Waals surface area contributed by atoms with Crippen LogP contribution in [0.3, 0.4) is 0 Å². The lowest BCUT2D eigenvalue weighted by molar-refractivity contribution is 0.0946. The maximum atomic E-state index is 12.0. The largest absolute Gasteiger partial charge is 0.507 e. The van der Waals surface area contributed by atoms with E-state index in [1.54, 1.807) is 6.07 Å². The van der Waals surface area contributed by atoms with Crippen molar-refractivity contribution in [1.82, 2.24) is 10.2 Å². The molecule has 20 heavy (non-hydrogen) atoms. The molecular formula is C15H21ClN2O2. The van der Waals surface area contributed by atoms with Crippen LogP contribution in [0.2, 0.25) is 5.02 Å². The van der Waals surface area contributed by atoms with Crippen LogP contribution in [0.5, 0.6) is 5.75 Å². The van der Waals surface area contributed by atoms with E-state index in [-0.39, 0.29) is 17.2 Å². The van der Waals surface area contributed by atoms with Crippen molar-refractivity contribution in [3.8, 4) is 5.75 Å². The van der Waals surface area contributed by atoms with Gasteiger partial charge in [-0.25, -0.2) is 0 Å². The van der Waals surface area contributed by atoms with Crippen molar-refractivity contribution in [2.75, 3.05) is 26.7 Å². The van der Waals surface area contributed by atoms with Gasteiger partial charge in [-0.1, -0.05) is 11.6 Å². The minimum absolute atomic E-state index is 0.0359. The average molecular weight is 297 g/mol. The van der Waals surface area contributed by atoms with Gasteiger partial charge in [-0.3, -0.25) is 4.79 Å². The number of hydrogen-bond acceptors (Lipinski definition) is 3. The van der Waals surface area contributed by atoms with E-state index in [0.717, 1.165) is 19.5 Å². The maximum absolute atomic E-state index is 12.0. The lowest BCUT2D eigenvalue weighted by Gasteiger charge is -2.28. The summed E-state index contributed by atoms with van der Waals surface area (Å²) in [6.45, 7) is 2.90. The third-order valence-corrected chi connectivity index (χ3v) is 4.11. The topological polar surface area (TPSA) is 52.6 Å². The number of phenolic OH excluding ortho intramolecular Hbond substituents is 1. The molecule has 4 nitrogen and oxygen atoms in total. The molecule has 5 heteroatoms. The number of hydrogen-bond donors (Lipinski definition) is 2. The molecule has 0 aliphatic carbocycles. The maximum Gasteiger partial charge on any atom is 0.255 e. The number of carbonyl (C=O) groups is 1. The van der Waals surface area contributed by atoms with E-state index in [1.807, 2.05) is 0 Å². The number of piperidine rings is 1. The van der Waals surface area contributed by atoms with Gasteiger partial charge in [0.1, 0.15) is 5.75 Å². The van der Waals surface area contributed by atoms with Gasteiger partial charge in [0.25, 0.3) is 5.91 Å². The first-order valence-corrected chi connectivity index (χ1v) is 7.39. The summed E-state index contributed by atoms with van der Waals surface area (Å²) in [6.07, 6.45) is 3.37. The third-order valence-electron chi connectivity index (χ3n) is 3.88. The van der Waals surface area contributed by atoms with E-state index >= 15 is 0 Å². The highest BCUT2D eigenvalue weighted by atomic mass is 35.5. The van der Waals surface area contributed by atoms with E-state index in [2.05, 4.69) is 17.3 Å². The second-order valence-corrected chi connectivity index (χ2v) is 5.89. The highest BCUT2D eigenvalue weighted by Crippen LogP contribution is 2.22. The molecule has 1 aliphatic heterocycles. The Morgan fingerprint density at radius 2 is 2.15 bits per heavy atom. The van der Waals surface area contributed by atoms with Crippen LogP contribution in [0.4, 0.5) is 0 Å². The smallest absolute Gasteiger partial charge is 0.255 e. The summed E-state index contributed by atoms with van der Waals surface area (Å²) in [4.78, 5) is 14.3. The number of carbonyl (C=O) groups excluding carboxylic acids is 1. The summed E-state index contributed by atoms with van der Waals surface area (Å²) in [5.41, 5.74) is 0.237. The molecule has 0 atom stereocenters. The molecule has 110 valence electrons. The number of amides is 1. The fraction of sp³-hybridized carbons (Fsp3) is 0.533. The molecular weight excluding hydrogens is 276 g/mol. The lowest BCUT2D eigenvalue weighted by atomic mass is 9.94. The minimum atomic E-state index is -0.266. The van der Waals surface area contributed by atoms with Gasteiger partial charge in [-0.15, -0.1) is 0 Å². The molecule has 1 aliphatic rings. The average Bonchev–Trinajstić information content (AvgIpc) is 2.43. The Labute approximate surface area is 124 Å². The van der Waals surface area contributed by atoms with Crippen LogP contribution in [0.15, 0.2) is 18.2 Å². The predicted octanol–water partition coefficient (Wildman–Crippen LogP) is 2.51. The van der Waals surface area contributed by atoms with Gasteiger partial charge < -0.3 is 15.3 Å². The first kappa shape index (κ1) is 15.1. The number of aromatic hydroxyl groups is 1. The molecule has 2 N–H and O–H groups in total. The normalized spacial score (nSPS) is 17.1. The first-order chi connectivity index (χ1) is 9.56. The number of rotatable bonds is 4. The Morgan fingerprint density at radius 3 is 2.85 bits per heavy atom. The standard InChI is InChI=1S/C15H21ClN2O2/c1-18-8-5-11(6-9-18)4-7-17-15(20)13-10-12(16)2-3-14(13)19/h2-3,10-11,19H,4-9H2,1H3,(H,17,20). The van der Waals surface area contributed by atoms with Crippen molar-refractivity contribution in [1.29, 1.82) is 0 Å². The number of phenols is 1. The summed E-state index contributed by atoms with van der Waals surface area (Å²) < 4.78 is 0. The number of nitrogens with one attached hydrogen (secondary N) is 1.